The monoisotopic (exact) mass is 326 g/mol. The van der Waals surface area contributed by atoms with Gasteiger partial charge in [-0.25, -0.2) is 4.39 Å². The Labute approximate surface area is 124 Å². The fraction of sp³-hybridized carbons (Fsp3) is 0.647. The van der Waals surface area contributed by atoms with Crippen LogP contribution in [-0.2, 0) is 0 Å². The quantitative estimate of drug-likeness (QED) is 0.564. The summed E-state index contributed by atoms with van der Waals surface area (Å²) in [5.41, 5.74) is 2.79. The van der Waals surface area contributed by atoms with E-state index in [-0.39, 0.29) is 5.82 Å². The average Bonchev–Trinajstić information content (AvgIpc) is 2.34. The van der Waals surface area contributed by atoms with Crippen LogP contribution in [0.1, 0.15) is 66.5 Å². The lowest BCUT2D eigenvalue weighted by atomic mass is 9.86. The van der Waals surface area contributed by atoms with Gasteiger partial charge in [0.05, 0.1) is 0 Å². The largest absolute Gasteiger partial charge is 0.206 e. The van der Waals surface area contributed by atoms with Gasteiger partial charge in [0, 0.05) is 4.83 Å². The lowest BCUT2D eigenvalue weighted by Crippen LogP contribution is -2.11. The Kier molecular flexibility index (Phi) is 5.44. The standard InChI is InChI=1S/C17H24BrF/c1-12-10-15(11-13(2)17(12)19)16(18)14-8-6-4-3-5-7-9-14/h10-11,14,16H,3-9H2,1-2H3. The average molecular weight is 327 g/mol. The summed E-state index contributed by atoms with van der Waals surface area (Å²) in [5.74, 6) is 0.644. The minimum atomic E-state index is -0.0545. The van der Waals surface area contributed by atoms with Crippen LogP contribution in [0, 0.1) is 25.6 Å². The van der Waals surface area contributed by atoms with Crippen molar-refractivity contribution in [1.29, 1.82) is 0 Å². The van der Waals surface area contributed by atoms with E-state index in [1.54, 1.807) is 0 Å². The Hall–Kier alpha value is -0.370. The molecule has 1 aromatic rings. The van der Waals surface area contributed by atoms with Crippen molar-refractivity contribution in [2.75, 3.05) is 0 Å². The van der Waals surface area contributed by atoms with Crippen LogP contribution in [0.5, 0.6) is 0 Å². The number of hydrogen-bond donors (Lipinski definition) is 0. The normalized spacial score (nSPS) is 19.8. The van der Waals surface area contributed by atoms with E-state index < -0.39 is 0 Å². The molecule has 106 valence electrons. The van der Waals surface area contributed by atoms with Crippen molar-refractivity contribution >= 4 is 15.9 Å². The Bertz CT molecular complexity index is 396. The van der Waals surface area contributed by atoms with E-state index in [9.17, 15) is 4.39 Å². The van der Waals surface area contributed by atoms with Gasteiger partial charge in [-0.1, -0.05) is 60.2 Å². The third-order valence-electron chi connectivity index (χ3n) is 4.34. The van der Waals surface area contributed by atoms with Crippen LogP contribution in [-0.4, -0.2) is 0 Å². The van der Waals surface area contributed by atoms with Gasteiger partial charge in [-0.3, -0.25) is 0 Å². The highest BCUT2D eigenvalue weighted by Crippen LogP contribution is 2.39. The van der Waals surface area contributed by atoms with E-state index >= 15 is 0 Å². The second-order valence-corrected chi connectivity index (χ2v) is 6.96. The molecule has 0 heterocycles. The number of hydrogen-bond acceptors (Lipinski definition) is 0. The lowest BCUT2D eigenvalue weighted by Gasteiger charge is -2.25. The molecule has 19 heavy (non-hydrogen) atoms. The Morgan fingerprint density at radius 3 is 2.00 bits per heavy atom. The fourth-order valence-corrected chi connectivity index (χ4v) is 3.98. The van der Waals surface area contributed by atoms with Gasteiger partial charge in [-0.15, -0.1) is 0 Å². The highest BCUT2D eigenvalue weighted by Gasteiger charge is 2.22. The van der Waals surface area contributed by atoms with Crippen molar-refractivity contribution < 1.29 is 4.39 Å². The van der Waals surface area contributed by atoms with E-state index in [1.165, 1.54) is 50.5 Å². The highest BCUT2D eigenvalue weighted by molar-refractivity contribution is 9.09. The number of alkyl halides is 1. The Morgan fingerprint density at radius 1 is 1.00 bits per heavy atom. The van der Waals surface area contributed by atoms with Crippen LogP contribution >= 0.6 is 15.9 Å². The SMILES string of the molecule is Cc1cc(C(Br)C2CCCCCCC2)cc(C)c1F. The molecule has 0 bridgehead atoms. The zero-order chi connectivity index (χ0) is 13.8. The first-order valence-corrected chi connectivity index (χ1v) is 8.42. The molecule has 1 aromatic carbocycles. The molecule has 1 aliphatic carbocycles. The predicted molar refractivity (Wildman–Crippen MR) is 83.4 cm³/mol. The third kappa shape index (κ3) is 3.81. The maximum atomic E-state index is 13.7. The second-order valence-electron chi connectivity index (χ2n) is 5.98. The molecule has 1 fully saturated rings. The molecule has 0 radical (unpaired) electrons. The van der Waals surface area contributed by atoms with Gasteiger partial charge in [0.15, 0.2) is 0 Å². The molecule has 1 aliphatic rings. The van der Waals surface area contributed by atoms with Crippen molar-refractivity contribution in [3.8, 4) is 0 Å². The van der Waals surface area contributed by atoms with Crippen molar-refractivity contribution in [2.24, 2.45) is 5.92 Å². The molecular weight excluding hydrogens is 303 g/mol. The summed E-state index contributed by atoms with van der Waals surface area (Å²) < 4.78 is 13.7. The molecule has 0 amide bonds. The summed E-state index contributed by atoms with van der Waals surface area (Å²) in [5, 5.41) is 0. The van der Waals surface area contributed by atoms with E-state index in [1.807, 2.05) is 26.0 Å². The van der Waals surface area contributed by atoms with Gasteiger partial charge in [-0.2, -0.15) is 0 Å². The topological polar surface area (TPSA) is 0 Å². The van der Waals surface area contributed by atoms with Gasteiger partial charge in [0.25, 0.3) is 0 Å². The Morgan fingerprint density at radius 2 is 1.47 bits per heavy atom. The summed E-state index contributed by atoms with van der Waals surface area (Å²) in [6.45, 7) is 3.73. The Balaban J connectivity index is 2.15. The van der Waals surface area contributed by atoms with Gasteiger partial charge in [0.1, 0.15) is 5.82 Å². The number of rotatable bonds is 2. The van der Waals surface area contributed by atoms with Gasteiger partial charge >= 0.3 is 0 Å². The number of benzene rings is 1. The molecule has 2 heteroatoms. The van der Waals surface area contributed by atoms with Crippen molar-refractivity contribution in [3.05, 3.63) is 34.6 Å². The molecule has 0 aliphatic heterocycles. The van der Waals surface area contributed by atoms with Gasteiger partial charge in [-0.05, 0) is 49.3 Å². The summed E-state index contributed by atoms with van der Waals surface area (Å²) in [4.78, 5) is 0.378. The second kappa shape index (κ2) is 6.88. The molecule has 0 spiro atoms. The molecule has 0 nitrogen and oxygen atoms in total. The first kappa shape index (κ1) is 15.0. The molecular formula is C17H24BrF. The van der Waals surface area contributed by atoms with E-state index in [2.05, 4.69) is 15.9 Å². The fourth-order valence-electron chi connectivity index (χ4n) is 3.19. The maximum Gasteiger partial charge on any atom is 0.129 e. The summed E-state index contributed by atoms with van der Waals surface area (Å²) in [6.07, 6.45) is 9.42. The van der Waals surface area contributed by atoms with Crippen LogP contribution in [0.25, 0.3) is 0 Å². The van der Waals surface area contributed by atoms with Crippen LogP contribution < -0.4 is 0 Å². The summed E-state index contributed by atoms with van der Waals surface area (Å²) >= 11 is 3.88. The smallest absolute Gasteiger partial charge is 0.129 e. The number of aryl methyl sites for hydroxylation is 2. The molecule has 1 saturated carbocycles. The van der Waals surface area contributed by atoms with E-state index in [0.717, 1.165) is 11.1 Å². The summed E-state index contributed by atoms with van der Waals surface area (Å²) in [7, 11) is 0. The highest BCUT2D eigenvalue weighted by atomic mass is 79.9. The number of halogens is 2. The molecule has 2 rings (SSSR count). The van der Waals surface area contributed by atoms with Crippen molar-refractivity contribution in [3.63, 3.8) is 0 Å². The summed E-state index contributed by atoms with van der Waals surface area (Å²) in [6, 6.07) is 4.03. The molecule has 0 aromatic heterocycles. The minimum absolute atomic E-state index is 0.0545. The zero-order valence-corrected chi connectivity index (χ0v) is 13.6. The van der Waals surface area contributed by atoms with E-state index in [4.69, 9.17) is 0 Å². The van der Waals surface area contributed by atoms with Crippen molar-refractivity contribution in [2.45, 2.75) is 63.6 Å². The van der Waals surface area contributed by atoms with E-state index in [0.29, 0.717) is 10.7 Å². The first-order chi connectivity index (χ1) is 9.09. The van der Waals surface area contributed by atoms with Crippen LogP contribution in [0.3, 0.4) is 0 Å². The molecule has 0 saturated heterocycles. The van der Waals surface area contributed by atoms with Gasteiger partial charge < -0.3 is 0 Å². The molecule has 1 unspecified atom stereocenters. The predicted octanol–water partition coefficient (Wildman–Crippen LogP) is 6.24. The maximum absolute atomic E-state index is 13.7. The van der Waals surface area contributed by atoms with Gasteiger partial charge in [0.2, 0.25) is 0 Å². The van der Waals surface area contributed by atoms with Crippen LogP contribution in [0.15, 0.2) is 12.1 Å². The van der Waals surface area contributed by atoms with Crippen molar-refractivity contribution in [1.82, 2.24) is 0 Å². The van der Waals surface area contributed by atoms with Crippen LogP contribution in [0.4, 0.5) is 4.39 Å². The lowest BCUT2D eigenvalue weighted by molar-refractivity contribution is 0.374. The van der Waals surface area contributed by atoms with Crippen LogP contribution in [0.2, 0.25) is 0 Å². The third-order valence-corrected chi connectivity index (χ3v) is 5.62. The minimum Gasteiger partial charge on any atom is -0.206 e. The molecule has 1 atom stereocenters. The first-order valence-electron chi connectivity index (χ1n) is 7.50. The zero-order valence-electron chi connectivity index (χ0n) is 12.0. The molecule has 0 N–H and O–H groups in total.